The van der Waals surface area contributed by atoms with E-state index in [9.17, 15) is 14.7 Å². The molecule has 1 atom stereocenters. The lowest BCUT2D eigenvalue weighted by atomic mass is 10.0. The summed E-state index contributed by atoms with van der Waals surface area (Å²) >= 11 is 0. The Bertz CT molecular complexity index is 404. The first kappa shape index (κ1) is 10.9. The van der Waals surface area contributed by atoms with E-state index in [0.29, 0.717) is 5.56 Å². The summed E-state index contributed by atoms with van der Waals surface area (Å²) in [6.45, 7) is 6.35. The van der Waals surface area contributed by atoms with Gasteiger partial charge in [-0.25, -0.2) is 0 Å². The minimum absolute atomic E-state index is 0.0876. The summed E-state index contributed by atoms with van der Waals surface area (Å²) in [7, 11) is 0. The van der Waals surface area contributed by atoms with Crippen molar-refractivity contribution in [2.75, 3.05) is 0 Å². The van der Waals surface area contributed by atoms with Gasteiger partial charge in [0.05, 0.1) is 5.60 Å². The molecule has 1 N–H and O–H groups in total. The smallest absolute Gasteiger partial charge is 0.268 e. The van der Waals surface area contributed by atoms with Gasteiger partial charge < -0.3 is 9.84 Å². The SMILES string of the molecule is Cc1c(OC(C)C(C)(C)O)c(=O)c1=O. The van der Waals surface area contributed by atoms with E-state index in [4.69, 9.17) is 4.74 Å². The average molecular weight is 198 g/mol. The predicted molar refractivity (Wildman–Crippen MR) is 52.5 cm³/mol. The van der Waals surface area contributed by atoms with Crippen LogP contribution in [0.3, 0.4) is 0 Å². The molecule has 0 aliphatic heterocycles. The molecule has 1 aromatic carbocycles. The van der Waals surface area contributed by atoms with Crippen LogP contribution in [0.2, 0.25) is 0 Å². The van der Waals surface area contributed by atoms with Crippen LogP contribution in [-0.2, 0) is 0 Å². The van der Waals surface area contributed by atoms with E-state index in [1.54, 1.807) is 20.8 Å². The Balaban J connectivity index is 2.83. The fourth-order valence-electron chi connectivity index (χ4n) is 0.947. The Kier molecular flexibility index (Phi) is 2.50. The van der Waals surface area contributed by atoms with Crippen LogP contribution in [0, 0.1) is 6.92 Å². The maximum Gasteiger partial charge on any atom is 0.268 e. The van der Waals surface area contributed by atoms with Crippen LogP contribution >= 0.6 is 0 Å². The molecule has 1 unspecified atom stereocenters. The van der Waals surface area contributed by atoms with Crippen LogP contribution in [0.4, 0.5) is 0 Å². The maximum atomic E-state index is 11.0. The van der Waals surface area contributed by atoms with Crippen LogP contribution in [-0.4, -0.2) is 16.8 Å². The van der Waals surface area contributed by atoms with Crippen molar-refractivity contribution >= 4 is 0 Å². The second-order valence-corrected chi connectivity index (χ2v) is 4.03. The summed E-state index contributed by atoms with van der Waals surface area (Å²) in [5.74, 6) is 0.0876. The second kappa shape index (κ2) is 3.20. The minimum atomic E-state index is -1.04. The van der Waals surface area contributed by atoms with Crippen molar-refractivity contribution in [3.8, 4) is 5.75 Å². The van der Waals surface area contributed by atoms with Crippen LogP contribution in [0.5, 0.6) is 5.75 Å². The second-order valence-electron chi connectivity index (χ2n) is 4.03. The highest BCUT2D eigenvalue weighted by molar-refractivity contribution is 5.38. The molecule has 14 heavy (non-hydrogen) atoms. The summed E-state index contributed by atoms with van der Waals surface area (Å²) in [5.41, 5.74) is -1.79. The van der Waals surface area contributed by atoms with Crippen molar-refractivity contribution < 1.29 is 9.84 Å². The van der Waals surface area contributed by atoms with E-state index in [-0.39, 0.29) is 5.75 Å². The Morgan fingerprint density at radius 1 is 1.29 bits per heavy atom. The van der Waals surface area contributed by atoms with Crippen molar-refractivity contribution in [3.05, 3.63) is 26.0 Å². The molecule has 0 fully saturated rings. The van der Waals surface area contributed by atoms with E-state index in [0.717, 1.165) is 0 Å². The third-order valence-electron chi connectivity index (χ3n) is 2.38. The minimum Gasteiger partial charge on any atom is -0.483 e. The van der Waals surface area contributed by atoms with Gasteiger partial charge in [-0.05, 0) is 27.7 Å². The topological polar surface area (TPSA) is 63.6 Å². The molecule has 0 aliphatic carbocycles. The van der Waals surface area contributed by atoms with Crippen molar-refractivity contribution in [1.29, 1.82) is 0 Å². The lowest BCUT2D eigenvalue weighted by molar-refractivity contribution is -0.0254. The molecule has 0 aliphatic rings. The van der Waals surface area contributed by atoms with Gasteiger partial charge in [0.15, 0.2) is 5.75 Å². The Hall–Kier alpha value is -1.16. The number of hydrogen-bond acceptors (Lipinski definition) is 4. The quantitative estimate of drug-likeness (QED) is 0.701. The van der Waals surface area contributed by atoms with Gasteiger partial charge in [0.2, 0.25) is 5.43 Å². The molecule has 0 spiro atoms. The molecule has 4 nitrogen and oxygen atoms in total. The molecule has 78 valence electrons. The van der Waals surface area contributed by atoms with Crippen molar-refractivity contribution in [3.63, 3.8) is 0 Å². The third-order valence-corrected chi connectivity index (χ3v) is 2.38. The molecule has 4 heteroatoms. The first-order valence-corrected chi connectivity index (χ1v) is 4.44. The number of aliphatic hydroxyl groups is 1. The van der Waals surface area contributed by atoms with Crippen molar-refractivity contribution in [2.24, 2.45) is 0 Å². The number of rotatable bonds is 3. The monoisotopic (exact) mass is 198 g/mol. The number of hydrogen-bond donors (Lipinski definition) is 1. The summed E-state index contributed by atoms with van der Waals surface area (Å²) in [5, 5.41) is 9.55. The van der Waals surface area contributed by atoms with E-state index in [1.807, 2.05) is 0 Å². The lowest BCUT2D eigenvalue weighted by Gasteiger charge is -2.27. The Morgan fingerprint density at radius 2 is 1.79 bits per heavy atom. The lowest BCUT2D eigenvalue weighted by Crippen LogP contribution is -2.43. The van der Waals surface area contributed by atoms with E-state index < -0.39 is 22.6 Å². The zero-order chi connectivity index (χ0) is 11.1. The highest BCUT2D eigenvalue weighted by Gasteiger charge is 2.28. The zero-order valence-corrected chi connectivity index (χ0v) is 8.75. The molecule has 1 aromatic rings. The van der Waals surface area contributed by atoms with Gasteiger partial charge in [-0.15, -0.1) is 0 Å². The highest BCUT2D eigenvalue weighted by Crippen LogP contribution is 2.17. The molecule has 1 rings (SSSR count). The molecular weight excluding hydrogens is 184 g/mol. The largest absolute Gasteiger partial charge is 0.483 e. The van der Waals surface area contributed by atoms with Crippen molar-refractivity contribution in [2.45, 2.75) is 39.4 Å². The summed E-state index contributed by atoms with van der Waals surface area (Å²) in [6, 6.07) is 0. The maximum absolute atomic E-state index is 11.0. The summed E-state index contributed by atoms with van der Waals surface area (Å²) in [6.07, 6.45) is -0.524. The van der Waals surface area contributed by atoms with Crippen LogP contribution < -0.4 is 15.6 Å². The molecule has 0 radical (unpaired) electrons. The van der Waals surface area contributed by atoms with Gasteiger partial charge in [0, 0.05) is 5.56 Å². The summed E-state index contributed by atoms with van der Waals surface area (Å²) in [4.78, 5) is 21.9. The highest BCUT2D eigenvalue weighted by atomic mass is 16.5. The first-order valence-electron chi connectivity index (χ1n) is 4.44. The van der Waals surface area contributed by atoms with E-state index >= 15 is 0 Å². The average Bonchev–Trinajstić information content (AvgIpc) is 2.10. The fraction of sp³-hybridized carbons (Fsp3) is 0.600. The van der Waals surface area contributed by atoms with Gasteiger partial charge in [0.1, 0.15) is 6.10 Å². The Labute approximate surface area is 81.8 Å². The third kappa shape index (κ3) is 1.70. The first-order chi connectivity index (χ1) is 6.25. The molecule has 0 aromatic heterocycles. The Morgan fingerprint density at radius 3 is 2.14 bits per heavy atom. The molecular formula is C10H14O4. The van der Waals surface area contributed by atoms with E-state index in [2.05, 4.69) is 0 Å². The van der Waals surface area contributed by atoms with Gasteiger partial charge in [-0.3, -0.25) is 9.59 Å². The van der Waals surface area contributed by atoms with Gasteiger partial charge in [-0.1, -0.05) is 0 Å². The molecule has 0 saturated heterocycles. The normalized spacial score (nSPS) is 14.4. The van der Waals surface area contributed by atoms with Crippen LogP contribution in [0.15, 0.2) is 9.59 Å². The van der Waals surface area contributed by atoms with Gasteiger partial charge in [0.25, 0.3) is 5.43 Å². The molecule has 0 heterocycles. The number of ether oxygens (including phenoxy) is 1. The predicted octanol–water partition coefficient (Wildman–Crippen LogP) is 0.129. The fourth-order valence-corrected chi connectivity index (χ4v) is 0.947. The molecule has 0 saturated carbocycles. The standard InChI is InChI=1S/C10H14O4/c1-5-7(11)8(12)9(5)14-6(2)10(3,4)13/h6,13H,1-4H3. The van der Waals surface area contributed by atoms with Crippen molar-refractivity contribution in [1.82, 2.24) is 0 Å². The van der Waals surface area contributed by atoms with Gasteiger partial charge in [-0.2, -0.15) is 0 Å². The van der Waals surface area contributed by atoms with Crippen LogP contribution in [0.25, 0.3) is 0 Å². The van der Waals surface area contributed by atoms with E-state index in [1.165, 1.54) is 6.92 Å². The van der Waals surface area contributed by atoms with Gasteiger partial charge >= 0.3 is 0 Å². The zero-order valence-electron chi connectivity index (χ0n) is 8.75. The molecule has 0 bridgehead atoms. The van der Waals surface area contributed by atoms with Crippen LogP contribution in [0.1, 0.15) is 26.3 Å². The molecule has 0 amide bonds. The summed E-state index contributed by atoms with van der Waals surface area (Å²) < 4.78 is 5.20.